The predicted molar refractivity (Wildman–Crippen MR) is 56.8 cm³/mol. The Labute approximate surface area is 83.7 Å². The Balaban J connectivity index is 2.37. The van der Waals surface area contributed by atoms with Gasteiger partial charge in [-0.1, -0.05) is 0 Å². The van der Waals surface area contributed by atoms with Crippen LogP contribution in [0.25, 0.3) is 0 Å². The summed E-state index contributed by atoms with van der Waals surface area (Å²) < 4.78 is 0. The highest BCUT2D eigenvalue weighted by Gasteiger charge is 2.16. The summed E-state index contributed by atoms with van der Waals surface area (Å²) in [7, 11) is 3.73. The summed E-state index contributed by atoms with van der Waals surface area (Å²) in [5, 5.41) is 2.63. The van der Waals surface area contributed by atoms with Gasteiger partial charge in [0.2, 0.25) is 0 Å². The molecule has 3 nitrogen and oxygen atoms in total. The molecule has 0 aliphatic carbocycles. The molecule has 74 valence electrons. The molecule has 1 aliphatic heterocycles. The fourth-order valence-electron chi connectivity index (χ4n) is 1.85. The van der Waals surface area contributed by atoms with Crippen molar-refractivity contribution in [1.29, 1.82) is 0 Å². The molecule has 2 rings (SSSR count). The maximum Gasteiger partial charge on any atom is 0.251 e. The average molecular weight is 190 g/mol. The van der Waals surface area contributed by atoms with Gasteiger partial charge in [0.05, 0.1) is 0 Å². The molecule has 0 bridgehead atoms. The van der Waals surface area contributed by atoms with E-state index in [4.69, 9.17) is 0 Å². The maximum atomic E-state index is 11.4. The Bertz CT molecular complexity index is 374. The summed E-state index contributed by atoms with van der Waals surface area (Å²) in [6.07, 6.45) is 1.04. The highest BCUT2D eigenvalue weighted by atomic mass is 16.1. The minimum Gasteiger partial charge on any atom is -0.374 e. The van der Waals surface area contributed by atoms with Crippen molar-refractivity contribution in [1.82, 2.24) is 5.32 Å². The lowest BCUT2D eigenvalue weighted by Crippen LogP contribution is -2.17. The van der Waals surface area contributed by atoms with Crippen molar-refractivity contribution in [2.75, 3.05) is 25.5 Å². The van der Waals surface area contributed by atoms with Crippen molar-refractivity contribution in [3.63, 3.8) is 0 Å². The number of hydrogen-bond donors (Lipinski definition) is 1. The molecule has 0 atom stereocenters. The van der Waals surface area contributed by atoms with Crippen molar-refractivity contribution in [3.05, 3.63) is 29.3 Å². The first-order chi connectivity index (χ1) is 6.72. The average Bonchev–Trinajstić information content (AvgIpc) is 2.59. The van der Waals surface area contributed by atoms with Crippen LogP contribution in [0.2, 0.25) is 0 Å². The van der Waals surface area contributed by atoms with Gasteiger partial charge in [-0.15, -0.1) is 0 Å². The van der Waals surface area contributed by atoms with E-state index in [0.29, 0.717) is 0 Å². The number of hydrogen-bond acceptors (Lipinski definition) is 2. The minimum atomic E-state index is -0.0117. The first-order valence-electron chi connectivity index (χ1n) is 4.78. The van der Waals surface area contributed by atoms with E-state index in [1.165, 1.54) is 11.3 Å². The minimum absolute atomic E-state index is 0.0117. The molecule has 1 aromatic rings. The molecule has 1 aliphatic rings. The third-order valence-corrected chi connectivity index (χ3v) is 2.70. The van der Waals surface area contributed by atoms with Crippen molar-refractivity contribution in [2.24, 2.45) is 0 Å². The molecule has 14 heavy (non-hydrogen) atoms. The van der Waals surface area contributed by atoms with E-state index in [9.17, 15) is 4.79 Å². The monoisotopic (exact) mass is 190 g/mol. The molecule has 1 amide bonds. The van der Waals surface area contributed by atoms with Gasteiger partial charge in [-0.3, -0.25) is 4.79 Å². The van der Waals surface area contributed by atoms with Gasteiger partial charge in [-0.25, -0.2) is 0 Å². The highest BCUT2D eigenvalue weighted by molar-refractivity contribution is 5.94. The molecule has 0 saturated carbocycles. The summed E-state index contributed by atoms with van der Waals surface area (Å²) in [4.78, 5) is 13.6. The van der Waals surface area contributed by atoms with Gasteiger partial charge in [0, 0.05) is 31.9 Å². The first-order valence-corrected chi connectivity index (χ1v) is 4.78. The number of fused-ring (bicyclic) bond motifs is 1. The fourth-order valence-corrected chi connectivity index (χ4v) is 1.85. The van der Waals surface area contributed by atoms with Crippen molar-refractivity contribution < 1.29 is 4.79 Å². The first kappa shape index (κ1) is 9.06. The number of carbonyl (C=O) groups is 1. The van der Waals surface area contributed by atoms with E-state index in [1.807, 2.05) is 18.2 Å². The van der Waals surface area contributed by atoms with E-state index in [2.05, 4.69) is 17.3 Å². The van der Waals surface area contributed by atoms with Crippen molar-refractivity contribution >= 4 is 11.6 Å². The number of carbonyl (C=O) groups excluding carboxylic acids is 1. The number of benzene rings is 1. The fraction of sp³-hybridized carbons (Fsp3) is 0.364. The predicted octanol–water partition coefficient (Wildman–Crippen LogP) is 1.04. The quantitative estimate of drug-likeness (QED) is 0.717. The zero-order valence-electron chi connectivity index (χ0n) is 8.50. The molecule has 3 heteroatoms. The smallest absolute Gasteiger partial charge is 0.251 e. The number of nitrogens with zero attached hydrogens (tertiary/aromatic N) is 1. The molecule has 0 radical (unpaired) electrons. The third kappa shape index (κ3) is 1.35. The van der Waals surface area contributed by atoms with E-state index < -0.39 is 0 Å². The van der Waals surface area contributed by atoms with Gasteiger partial charge in [0.15, 0.2) is 0 Å². The van der Waals surface area contributed by atoms with Crippen LogP contribution < -0.4 is 10.2 Å². The van der Waals surface area contributed by atoms with Crippen LogP contribution >= 0.6 is 0 Å². The summed E-state index contributed by atoms with van der Waals surface area (Å²) in [6, 6.07) is 5.88. The molecule has 0 fully saturated rings. The van der Waals surface area contributed by atoms with Crippen LogP contribution in [-0.4, -0.2) is 26.5 Å². The van der Waals surface area contributed by atoms with Crippen LogP contribution in [0, 0.1) is 0 Å². The molecule has 1 heterocycles. The highest BCUT2D eigenvalue weighted by Crippen LogP contribution is 2.27. The normalized spacial score (nSPS) is 14.0. The second-order valence-electron chi connectivity index (χ2n) is 3.59. The van der Waals surface area contributed by atoms with Crippen LogP contribution in [0.4, 0.5) is 5.69 Å². The van der Waals surface area contributed by atoms with Gasteiger partial charge in [-0.2, -0.15) is 0 Å². The van der Waals surface area contributed by atoms with Gasteiger partial charge >= 0.3 is 0 Å². The van der Waals surface area contributed by atoms with Gasteiger partial charge in [-0.05, 0) is 30.2 Å². The summed E-state index contributed by atoms with van der Waals surface area (Å²) in [6.45, 7) is 1.05. The zero-order valence-corrected chi connectivity index (χ0v) is 8.50. The van der Waals surface area contributed by atoms with Crippen LogP contribution in [0.1, 0.15) is 15.9 Å². The number of amides is 1. The number of nitrogens with one attached hydrogen (secondary N) is 1. The van der Waals surface area contributed by atoms with Crippen LogP contribution in [0.15, 0.2) is 18.2 Å². The van der Waals surface area contributed by atoms with Crippen LogP contribution in [0.5, 0.6) is 0 Å². The lowest BCUT2D eigenvalue weighted by Gasteiger charge is -2.11. The molecular weight excluding hydrogens is 176 g/mol. The van der Waals surface area contributed by atoms with Gasteiger partial charge in [0.25, 0.3) is 5.91 Å². The summed E-state index contributed by atoms with van der Waals surface area (Å²) in [5.74, 6) is -0.0117. The van der Waals surface area contributed by atoms with Gasteiger partial charge in [0.1, 0.15) is 0 Å². The second-order valence-corrected chi connectivity index (χ2v) is 3.59. The Kier molecular flexibility index (Phi) is 2.15. The Hall–Kier alpha value is -1.51. The summed E-state index contributed by atoms with van der Waals surface area (Å²) >= 11 is 0. The molecule has 1 aromatic carbocycles. The second kappa shape index (κ2) is 3.33. The molecule has 0 spiro atoms. The number of anilines is 1. The van der Waals surface area contributed by atoms with Crippen LogP contribution in [-0.2, 0) is 6.42 Å². The lowest BCUT2D eigenvalue weighted by atomic mass is 10.1. The topological polar surface area (TPSA) is 32.3 Å². The Morgan fingerprint density at radius 3 is 3.00 bits per heavy atom. The Morgan fingerprint density at radius 1 is 1.50 bits per heavy atom. The third-order valence-electron chi connectivity index (χ3n) is 2.70. The molecule has 0 saturated heterocycles. The van der Waals surface area contributed by atoms with Crippen molar-refractivity contribution in [3.8, 4) is 0 Å². The van der Waals surface area contributed by atoms with E-state index in [-0.39, 0.29) is 5.91 Å². The van der Waals surface area contributed by atoms with Gasteiger partial charge < -0.3 is 10.2 Å². The van der Waals surface area contributed by atoms with E-state index >= 15 is 0 Å². The maximum absolute atomic E-state index is 11.4. The molecule has 0 unspecified atom stereocenters. The molecule has 0 aromatic heterocycles. The van der Waals surface area contributed by atoms with Crippen LogP contribution in [0.3, 0.4) is 0 Å². The number of rotatable bonds is 1. The van der Waals surface area contributed by atoms with E-state index in [1.54, 1.807) is 7.05 Å². The van der Waals surface area contributed by atoms with Crippen molar-refractivity contribution in [2.45, 2.75) is 6.42 Å². The van der Waals surface area contributed by atoms with E-state index in [0.717, 1.165) is 18.5 Å². The lowest BCUT2D eigenvalue weighted by molar-refractivity contribution is 0.0963. The SMILES string of the molecule is CNC(=O)c1ccc2c(c1)CCN2C. The standard InChI is InChI=1S/C11H14N2O/c1-12-11(14)9-3-4-10-8(7-9)5-6-13(10)2/h3-4,7H,5-6H2,1-2H3,(H,12,14). The largest absolute Gasteiger partial charge is 0.374 e. The zero-order chi connectivity index (χ0) is 10.1. The molecular formula is C11H14N2O. The molecule has 1 N–H and O–H groups in total. The Morgan fingerprint density at radius 2 is 2.29 bits per heavy atom. The summed E-state index contributed by atoms with van der Waals surface area (Å²) in [5.41, 5.74) is 3.27. The number of likely N-dealkylation sites (N-methyl/N-ethyl adjacent to an activating group) is 1.